The van der Waals surface area contributed by atoms with Crippen molar-refractivity contribution in [2.75, 3.05) is 0 Å². The molecule has 0 unspecified atom stereocenters. The predicted molar refractivity (Wildman–Crippen MR) is 54.2 cm³/mol. The van der Waals surface area contributed by atoms with Gasteiger partial charge in [0.15, 0.2) is 0 Å². The Morgan fingerprint density at radius 2 is 1.71 bits per heavy atom. The van der Waals surface area contributed by atoms with E-state index >= 15 is 0 Å². The molecule has 1 heterocycles. The van der Waals surface area contributed by atoms with Crippen molar-refractivity contribution in [3.05, 3.63) is 33.5 Å². The summed E-state index contributed by atoms with van der Waals surface area (Å²) in [5.41, 5.74) is 0.516. The zero-order valence-corrected chi connectivity index (χ0v) is 8.92. The van der Waals surface area contributed by atoms with Crippen LogP contribution in [0.1, 0.15) is 0 Å². The summed E-state index contributed by atoms with van der Waals surface area (Å²) in [4.78, 5) is 0. The first kappa shape index (κ1) is 9.71. The molecule has 0 atom stereocenters. The van der Waals surface area contributed by atoms with Gasteiger partial charge in [0.25, 0.3) is 0 Å². The summed E-state index contributed by atoms with van der Waals surface area (Å²) in [6, 6.07) is 3.15. The van der Waals surface area contributed by atoms with Crippen molar-refractivity contribution in [1.29, 1.82) is 0 Å². The van der Waals surface area contributed by atoms with Gasteiger partial charge in [-0.05, 0) is 22.6 Å². The SMILES string of the molecule is Clc1cc(Cl)c(-n2cnnn2)c(Cl)c1. The van der Waals surface area contributed by atoms with Crippen molar-refractivity contribution in [2.24, 2.45) is 0 Å². The molecule has 2 rings (SSSR count). The lowest BCUT2D eigenvalue weighted by molar-refractivity contribution is 0.789. The van der Waals surface area contributed by atoms with Crippen molar-refractivity contribution in [2.45, 2.75) is 0 Å². The molecule has 0 N–H and O–H groups in total. The molecule has 2 aromatic rings. The lowest BCUT2D eigenvalue weighted by Gasteiger charge is -2.05. The van der Waals surface area contributed by atoms with Gasteiger partial charge in [0.2, 0.25) is 0 Å². The summed E-state index contributed by atoms with van der Waals surface area (Å²) in [6.07, 6.45) is 1.40. The number of halogens is 3. The van der Waals surface area contributed by atoms with Gasteiger partial charge in [-0.2, -0.15) is 4.68 Å². The zero-order valence-electron chi connectivity index (χ0n) is 6.65. The van der Waals surface area contributed by atoms with E-state index < -0.39 is 0 Å². The van der Waals surface area contributed by atoms with Gasteiger partial charge in [-0.25, -0.2) is 0 Å². The highest BCUT2D eigenvalue weighted by Gasteiger charge is 2.10. The van der Waals surface area contributed by atoms with E-state index in [1.807, 2.05) is 0 Å². The highest BCUT2D eigenvalue weighted by atomic mass is 35.5. The number of aromatic nitrogens is 4. The van der Waals surface area contributed by atoms with Gasteiger partial charge in [0.1, 0.15) is 12.0 Å². The number of rotatable bonds is 1. The van der Waals surface area contributed by atoms with Gasteiger partial charge < -0.3 is 0 Å². The molecule has 0 aliphatic rings. The second-order valence-electron chi connectivity index (χ2n) is 2.47. The molecule has 0 spiro atoms. The third kappa shape index (κ3) is 1.68. The van der Waals surface area contributed by atoms with Gasteiger partial charge in [-0.15, -0.1) is 5.10 Å². The maximum atomic E-state index is 5.94. The minimum atomic E-state index is 0.398. The van der Waals surface area contributed by atoms with Crippen LogP contribution in [-0.4, -0.2) is 20.2 Å². The first-order valence-corrected chi connectivity index (χ1v) is 4.70. The topological polar surface area (TPSA) is 43.6 Å². The summed E-state index contributed by atoms with van der Waals surface area (Å²) in [5.74, 6) is 0. The van der Waals surface area contributed by atoms with Crippen LogP contribution in [0, 0.1) is 0 Å². The standard InChI is InChI=1S/C7H3Cl3N4/c8-4-1-5(9)7(6(10)2-4)14-3-11-12-13-14/h1-3H. The molecule has 0 radical (unpaired) electrons. The van der Waals surface area contributed by atoms with Crippen LogP contribution < -0.4 is 0 Å². The second-order valence-corrected chi connectivity index (χ2v) is 3.72. The Morgan fingerprint density at radius 1 is 1.07 bits per heavy atom. The van der Waals surface area contributed by atoms with Gasteiger partial charge in [-0.3, -0.25) is 0 Å². The van der Waals surface area contributed by atoms with E-state index in [0.29, 0.717) is 20.8 Å². The predicted octanol–water partition coefficient (Wildman–Crippen LogP) is 2.62. The first-order valence-electron chi connectivity index (χ1n) is 3.56. The van der Waals surface area contributed by atoms with Crippen molar-refractivity contribution in [3.63, 3.8) is 0 Å². The lowest BCUT2D eigenvalue weighted by atomic mass is 10.3. The average molecular weight is 249 g/mol. The maximum absolute atomic E-state index is 5.94. The van der Waals surface area contributed by atoms with Gasteiger partial charge in [0, 0.05) is 5.02 Å². The molecule has 0 fully saturated rings. The third-order valence-corrected chi connectivity index (χ3v) is 2.35. The third-order valence-electron chi connectivity index (χ3n) is 1.56. The van der Waals surface area contributed by atoms with Gasteiger partial charge >= 0.3 is 0 Å². The Bertz CT molecular complexity index is 431. The summed E-state index contributed by atoms with van der Waals surface area (Å²) in [5, 5.41) is 11.9. The molecule has 0 aliphatic heterocycles. The Morgan fingerprint density at radius 3 is 2.21 bits per heavy atom. The van der Waals surface area contributed by atoms with E-state index in [1.54, 1.807) is 12.1 Å². The van der Waals surface area contributed by atoms with E-state index in [9.17, 15) is 0 Å². The van der Waals surface area contributed by atoms with Crippen LogP contribution in [0.4, 0.5) is 0 Å². The summed E-state index contributed by atoms with van der Waals surface area (Å²) >= 11 is 17.6. The fourth-order valence-corrected chi connectivity index (χ4v) is 2.01. The Kier molecular flexibility index (Phi) is 2.58. The van der Waals surface area contributed by atoms with Crippen LogP contribution in [0.3, 0.4) is 0 Å². The molecule has 7 heteroatoms. The number of nitrogens with zero attached hydrogens (tertiary/aromatic N) is 4. The lowest BCUT2D eigenvalue weighted by Crippen LogP contribution is -1.97. The molecule has 0 saturated carbocycles. The fraction of sp³-hybridized carbons (Fsp3) is 0. The van der Waals surface area contributed by atoms with Crippen LogP contribution in [-0.2, 0) is 0 Å². The Hall–Kier alpha value is -0.840. The summed E-state index contributed by atoms with van der Waals surface area (Å²) in [6.45, 7) is 0. The second kappa shape index (κ2) is 3.73. The van der Waals surface area contributed by atoms with E-state index in [-0.39, 0.29) is 0 Å². The summed E-state index contributed by atoms with van der Waals surface area (Å²) in [7, 11) is 0. The van der Waals surface area contributed by atoms with Crippen LogP contribution in [0.2, 0.25) is 15.1 Å². The monoisotopic (exact) mass is 248 g/mol. The molecule has 1 aromatic heterocycles. The average Bonchev–Trinajstić information content (AvgIpc) is 2.54. The number of tetrazole rings is 1. The van der Waals surface area contributed by atoms with E-state index in [4.69, 9.17) is 34.8 Å². The maximum Gasteiger partial charge on any atom is 0.144 e. The zero-order chi connectivity index (χ0) is 10.1. The smallest absolute Gasteiger partial charge is 0.144 e. The van der Waals surface area contributed by atoms with Crippen LogP contribution in [0.25, 0.3) is 5.69 Å². The minimum absolute atomic E-state index is 0.398. The first-order chi connectivity index (χ1) is 6.68. The number of benzene rings is 1. The minimum Gasteiger partial charge on any atom is -0.198 e. The quantitative estimate of drug-likeness (QED) is 0.780. The number of hydrogen-bond acceptors (Lipinski definition) is 3. The van der Waals surface area contributed by atoms with Crippen molar-refractivity contribution >= 4 is 34.8 Å². The molecule has 0 aliphatic carbocycles. The van der Waals surface area contributed by atoms with Crippen LogP contribution in [0.15, 0.2) is 18.5 Å². The van der Waals surface area contributed by atoms with Gasteiger partial charge in [0.05, 0.1) is 10.0 Å². The fourth-order valence-electron chi connectivity index (χ4n) is 1.02. The molecule has 0 saturated heterocycles. The molecule has 4 nitrogen and oxygen atoms in total. The van der Waals surface area contributed by atoms with Crippen LogP contribution >= 0.6 is 34.8 Å². The van der Waals surface area contributed by atoms with E-state index in [1.165, 1.54) is 11.0 Å². The highest BCUT2D eigenvalue weighted by Crippen LogP contribution is 2.31. The molecule has 72 valence electrons. The number of hydrogen-bond donors (Lipinski definition) is 0. The van der Waals surface area contributed by atoms with Crippen molar-refractivity contribution in [1.82, 2.24) is 20.2 Å². The molecule has 1 aromatic carbocycles. The Labute approximate surface area is 94.4 Å². The van der Waals surface area contributed by atoms with E-state index in [2.05, 4.69) is 15.5 Å². The molecular formula is C7H3Cl3N4. The van der Waals surface area contributed by atoms with Crippen molar-refractivity contribution < 1.29 is 0 Å². The summed E-state index contributed by atoms with van der Waals surface area (Å²) < 4.78 is 1.38. The van der Waals surface area contributed by atoms with Crippen LogP contribution in [0.5, 0.6) is 0 Å². The molecule has 14 heavy (non-hydrogen) atoms. The van der Waals surface area contributed by atoms with Gasteiger partial charge in [-0.1, -0.05) is 34.8 Å². The molecule has 0 amide bonds. The normalized spacial score (nSPS) is 10.5. The molecular weight excluding hydrogens is 246 g/mol. The van der Waals surface area contributed by atoms with E-state index in [0.717, 1.165) is 0 Å². The largest absolute Gasteiger partial charge is 0.198 e. The molecule has 0 bridgehead atoms. The highest BCUT2D eigenvalue weighted by molar-refractivity contribution is 6.40. The van der Waals surface area contributed by atoms with Crippen molar-refractivity contribution in [3.8, 4) is 5.69 Å². The Balaban J connectivity index is 2.64.